The van der Waals surface area contributed by atoms with Crippen molar-refractivity contribution < 1.29 is 4.79 Å². The van der Waals surface area contributed by atoms with Gasteiger partial charge < -0.3 is 5.32 Å². The van der Waals surface area contributed by atoms with Gasteiger partial charge in [-0.3, -0.25) is 4.79 Å². The van der Waals surface area contributed by atoms with Gasteiger partial charge in [-0.2, -0.15) is 0 Å². The zero-order valence-corrected chi connectivity index (χ0v) is 8.53. The summed E-state index contributed by atoms with van der Waals surface area (Å²) >= 11 is 0. The molecular weight excluding hydrogens is 186 g/mol. The third-order valence-corrected chi connectivity index (χ3v) is 2.36. The smallest absolute Gasteiger partial charge is 0.228 e. The first kappa shape index (κ1) is 9.71. The van der Waals surface area contributed by atoms with Crippen LogP contribution in [0.2, 0.25) is 0 Å². The van der Waals surface area contributed by atoms with E-state index in [2.05, 4.69) is 5.32 Å². The van der Waals surface area contributed by atoms with Crippen LogP contribution in [0.3, 0.4) is 0 Å². The van der Waals surface area contributed by atoms with Crippen molar-refractivity contribution in [3.63, 3.8) is 0 Å². The maximum atomic E-state index is 11.3. The number of hydrogen-bond acceptors (Lipinski definition) is 1. The fourth-order valence-corrected chi connectivity index (χ4v) is 1.59. The quantitative estimate of drug-likeness (QED) is 0.787. The van der Waals surface area contributed by atoms with Gasteiger partial charge >= 0.3 is 0 Å². The fraction of sp³-hybridized carbons (Fsp3) is 0.0769. The zero-order chi connectivity index (χ0) is 10.7. The Balaban J connectivity index is 2.46. The van der Waals surface area contributed by atoms with E-state index in [0.29, 0.717) is 0 Å². The summed E-state index contributed by atoms with van der Waals surface area (Å²) in [6.45, 7) is 0. The molecule has 0 unspecified atom stereocenters. The second kappa shape index (κ2) is 4.13. The normalized spacial score (nSPS) is 10.2. The van der Waals surface area contributed by atoms with Crippen LogP contribution in [0, 0.1) is 6.42 Å². The van der Waals surface area contributed by atoms with Crippen molar-refractivity contribution in [2.24, 2.45) is 0 Å². The molecule has 2 aromatic carbocycles. The lowest BCUT2D eigenvalue weighted by Crippen LogP contribution is -2.18. The highest BCUT2D eigenvalue weighted by Gasteiger charge is 2.04. The van der Waals surface area contributed by atoms with Crippen LogP contribution >= 0.6 is 0 Å². The van der Waals surface area contributed by atoms with Gasteiger partial charge in [0.15, 0.2) is 0 Å². The Bertz CT molecular complexity index is 485. The number of amides is 1. The second-order valence-corrected chi connectivity index (χ2v) is 3.33. The number of nitrogens with one attached hydrogen (secondary N) is 1. The molecule has 2 rings (SSSR count). The standard InChI is InChI=1S/C13H12NO/c1-14-13(15)9-11-7-4-6-10-5-2-3-8-12(10)11/h2-9H,1H3,(H,14,15). The molecule has 75 valence electrons. The van der Waals surface area contributed by atoms with Crippen molar-refractivity contribution >= 4 is 16.7 Å². The van der Waals surface area contributed by atoms with E-state index in [4.69, 9.17) is 0 Å². The van der Waals surface area contributed by atoms with Crippen molar-refractivity contribution in [1.29, 1.82) is 0 Å². The zero-order valence-electron chi connectivity index (χ0n) is 8.53. The molecule has 0 aromatic heterocycles. The molecule has 2 nitrogen and oxygen atoms in total. The van der Waals surface area contributed by atoms with Crippen LogP contribution in [0.15, 0.2) is 42.5 Å². The molecule has 0 aliphatic heterocycles. The number of rotatable bonds is 2. The monoisotopic (exact) mass is 198 g/mol. The molecule has 0 atom stereocenters. The molecule has 0 spiro atoms. The highest BCUT2D eigenvalue weighted by atomic mass is 16.1. The lowest BCUT2D eigenvalue weighted by Gasteiger charge is -2.04. The van der Waals surface area contributed by atoms with Crippen molar-refractivity contribution in [1.82, 2.24) is 5.32 Å². The molecule has 0 saturated carbocycles. The van der Waals surface area contributed by atoms with E-state index in [-0.39, 0.29) is 5.91 Å². The van der Waals surface area contributed by atoms with Gasteiger partial charge in [0, 0.05) is 7.05 Å². The number of likely N-dealkylation sites (N-methyl/N-ethyl adjacent to an activating group) is 1. The van der Waals surface area contributed by atoms with Gasteiger partial charge in [-0.25, -0.2) is 0 Å². The molecule has 1 radical (unpaired) electrons. The Hall–Kier alpha value is -1.83. The molecule has 0 fully saturated rings. The molecule has 0 aliphatic carbocycles. The Kier molecular flexibility index (Phi) is 2.68. The van der Waals surface area contributed by atoms with Crippen molar-refractivity contribution in [3.8, 4) is 0 Å². The third kappa shape index (κ3) is 1.99. The largest absolute Gasteiger partial charge is 0.359 e. The number of benzene rings is 2. The van der Waals surface area contributed by atoms with E-state index < -0.39 is 0 Å². The first-order valence-electron chi connectivity index (χ1n) is 4.85. The number of fused-ring (bicyclic) bond motifs is 1. The number of carbonyl (C=O) groups excluding carboxylic acids is 1. The summed E-state index contributed by atoms with van der Waals surface area (Å²) in [6, 6.07) is 14.0. The average Bonchev–Trinajstić information content (AvgIpc) is 2.29. The van der Waals surface area contributed by atoms with Crippen LogP contribution in [0.1, 0.15) is 5.56 Å². The average molecular weight is 198 g/mol. The molecule has 15 heavy (non-hydrogen) atoms. The van der Waals surface area contributed by atoms with Crippen molar-refractivity contribution in [2.75, 3.05) is 7.05 Å². The first-order chi connectivity index (χ1) is 7.31. The van der Waals surface area contributed by atoms with E-state index in [1.807, 2.05) is 42.5 Å². The highest BCUT2D eigenvalue weighted by Crippen LogP contribution is 2.19. The summed E-state index contributed by atoms with van der Waals surface area (Å²) in [6.07, 6.45) is 1.61. The van der Waals surface area contributed by atoms with E-state index in [9.17, 15) is 4.79 Å². The van der Waals surface area contributed by atoms with Gasteiger partial charge in [-0.1, -0.05) is 42.5 Å². The predicted octanol–water partition coefficient (Wildman–Crippen LogP) is 2.14. The Morgan fingerprint density at radius 3 is 2.67 bits per heavy atom. The summed E-state index contributed by atoms with van der Waals surface area (Å²) in [7, 11) is 1.63. The molecule has 0 aliphatic rings. The SMILES string of the molecule is CNC(=O)[CH]c1cccc2ccccc12. The Labute approximate surface area is 88.9 Å². The summed E-state index contributed by atoms with van der Waals surface area (Å²) < 4.78 is 0. The topological polar surface area (TPSA) is 29.1 Å². The lowest BCUT2D eigenvalue weighted by atomic mass is 10.0. The van der Waals surface area contributed by atoms with Crippen molar-refractivity contribution in [2.45, 2.75) is 0 Å². The summed E-state index contributed by atoms with van der Waals surface area (Å²) in [5.41, 5.74) is 0.951. The van der Waals surface area contributed by atoms with Crippen LogP contribution in [0.25, 0.3) is 10.8 Å². The van der Waals surface area contributed by atoms with E-state index in [1.165, 1.54) is 0 Å². The maximum absolute atomic E-state index is 11.3. The lowest BCUT2D eigenvalue weighted by molar-refractivity contribution is -0.117. The third-order valence-electron chi connectivity index (χ3n) is 2.36. The fourth-order valence-electron chi connectivity index (χ4n) is 1.59. The van der Waals surface area contributed by atoms with E-state index >= 15 is 0 Å². The van der Waals surface area contributed by atoms with E-state index in [0.717, 1.165) is 16.3 Å². The molecule has 0 bridgehead atoms. The van der Waals surface area contributed by atoms with Gasteiger partial charge in [-0.15, -0.1) is 0 Å². The maximum Gasteiger partial charge on any atom is 0.228 e. The molecule has 1 amide bonds. The second-order valence-electron chi connectivity index (χ2n) is 3.33. The van der Waals surface area contributed by atoms with Crippen LogP contribution in [-0.2, 0) is 4.79 Å². The van der Waals surface area contributed by atoms with Crippen LogP contribution in [0.5, 0.6) is 0 Å². The van der Waals surface area contributed by atoms with E-state index in [1.54, 1.807) is 13.5 Å². The highest BCUT2D eigenvalue weighted by molar-refractivity contribution is 5.96. The molecule has 0 saturated heterocycles. The first-order valence-corrected chi connectivity index (χ1v) is 4.85. The van der Waals surface area contributed by atoms with Crippen LogP contribution in [-0.4, -0.2) is 13.0 Å². The number of carbonyl (C=O) groups is 1. The number of hydrogen-bond donors (Lipinski definition) is 1. The predicted molar refractivity (Wildman–Crippen MR) is 61.4 cm³/mol. The minimum absolute atomic E-state index is 0.0775. The van der Waals surface area contributed by atoms with Crippen LogP contribution in [0.4, 0.5) is 0 Å². The van der Waals surface area contributed by atoms with Crippen molar-refractivity contribution in [3.05, 3.63) is 54.4 Å². The summed E-state index contributed by atoms with van der Waals surface area (Å²) in [4.78, 5) is 11.3. The molecule has 0 heterocycles. The summed E-state index contributed by atoms with van der Waals surface area (Å²) in [5.74, 6) is -0.0775. The van der Waals surface area contributed by atoms with Gasteiger partial charge in [-0.05, 0) is 16.3 Å². The minimum atomic E-state index is -0.0775. The van der Waals surface area contributed by atoms with Gasteiger partial charge in [0.05, 0.1) is 6.42 Å². The summed E-state index contributed by atoms with van der Waals surface area (Å²) in [5, 5.41) is 4.83. The molecule has 2 aromatic rings. The van der Waals surface area contributed by atoms with Gasteiger partial charge in [0.2, 0.25) is 5.91 Å². The van der Waals surface area contributed by atoms with Gasteiger partial charge in [0.25, 0.3) is 0 Å². The minimum Gasteiger partial charge on any atom is -0.359 e. The molecule has 1 N–H and O–H groups in total. The Morgan fingerprint density at radius 2 is 1.87 bits per heavy atom. The molecular formula is C13H12NO. The Morgan fingerprint density at radius 1 is 1.13 bits per heavy atom. The molecule has 2 heteroatoms. The van der Waals surface area contributed by atoms with Gasteiger partial charge in [0.1, 0.15) is 0 Å². The van der Waals surface area contributed by atoms with Crippen LogP contribution < -0.4 is 5.32 Å².